The molecule has 0 amide bonds. The topological polar surface area (TPSA) is 67.1 Å². The summed E-state index contributed by atoms with van der Waals surface area (Å²) in [5, 5.41) is 2.31. The van der Waals surface area contributed by atoms with E-state index in [1.807, 2.05) is 6.07 Å². The van der Waals surface area contributed by atoms with E-state index in [0.717, 1.165) is 11.6 Å². The molecule has 0 aromatic carbocycles. The Hall–Kier alpha value is -1.36. The van der Waals surface area contributed by atoms with E-state index in [4.69, 9.17) is 5.73 Å². The van der Waals surface area contributed by atoms with Gasteiger partial charge < -0.3 is 11.2 Å². The highest BCUT2D eigenvalue weighted by molar-refractivity contribution is 5.45. The molecule has 0 spiro atoms. The summed E-state index contributed by atoms with van der Waals surface area (Å²) in [6.07, 6.45) is 6.15. The Morgan fingerprint density at radius 3 is 2.47 bits per heavy atom. The molecule has 2 atom stereocenters. The molecule has 19 heavy (non-hydrogen) atoms. The summed E-state index contributed by atoms with van der Waals surface area (Å²) in [5.41, 5.74) is 9.34. The molecule has 5 nitrogen and oxygen atoms in total. The van der Waals surface area contributed by atoms with Gasteiger partial charge in [0.05, 0.1) is 0 Å². The van der Waals surface area contributed by atoms with Gasteiger partial charge in [-0.05, 0) is 39.5 Å². The van der Waals surface area contributed by atoms with Crippen molar-refractivity contribution in [1.82, 2.24) is 15.0 Å². The van der Waals surface area contributed by atoms with Crippen LogP contribution in [-0.2, 0) is 0 Å². The standard InChI is InChI=1S/C14H23N5/c1-9-4-3-5-10(2)19(9)18-13-8-12(15)16-14(17-13)11-6-7-11/h8-11H,3-7H2,1-2H3,(H3,15,16,17,18). The Morgan fingerprint density at radius 2 is 1.84 bits per heavy atom. The van der Waals surface area contributed by atoms with Gasteiger partial charge in [0.25, 0.3) is 0 Å². The molecular formula is C14H23N5. The Bertz CT molecular complexity index is 447. The molecule has 0 bridgehead atoms. The molecule has 2 heterocycles. The fraction of sp³-hybridized carbons (Fsp3) is 0.714. The molecule has 1 aromatic rings. The third kappa shape index (κ3) is 2.81. The van der Waals surface area contributed by atoms with E-state index >= 15 is 0 Å². The van der Waals surface area contributed by atoms with Crippen LogP contribution in [0.4, 0.5) is 11.6 Å². The van der Waals surface area contributed by atoms with E-state index in [9.17, 15) is 0 Å². The van der Waals surface area contributed by atoms with Gasteiger partial charge in [-0.1, -0.05) is 6.42 Å². The highest BCUT2D eigenvalue weighted by Gasteiger charge is 2.28. The van der Waals surface area contributed by atoms with Crippen LogP contribution < -0.4 is 11.2 Å². The average molecular weight is 261 g/mol. The fourth-order valence-electron chi connectivity index (χ4n) is 2.84. The summed E-state index contributed by atoms with van der Waals surface area (Å²) in [7, 11) is 0. The predicted octanol–water partition coefficient (Wildman–Crippen LogP) is 2.53. The van der Waals surface area contributed by atoms with Crippen LogP contribution in [0.5, 0.6) is 0 Å². The van der Waals surface area contributed by atoms with Crippen LogP contribution in [0, 0.1) is 0 Å². The number of hydrazine groups is 1. The number of nitrogens with two attached hydrogens (primary N) is 1. The summed E-state index contributed by atoms with van der Waals surface area (Å²) in [4.78, 5) is 8.95. The average Bonchev–Trinajstić information content (AvgIpc) is 3.17. The van der Waals surface area contributed by atoms with Crippen molar-refractivity contribution in [2.45, 2.75) is 64.0 Å². The maximum atomic E-state index is 5.89. The lowest BCUT2D eigenvalue weighted by atomic mass is 10.00. The van der Waals surface area contributed by atoms with Gasteiger partial charge >= 0.3 is 0 Å². The van der Waals surface area contributed by atoms with Crippen molar-refractivity contribution in [2.24, 2.45) is 0 Å². The molecule has 2 aliphatic rings. The Labute approximate surface area is 114 Å². The lowest BCUT2D eigenvalue weighted by molar-refractivity contribution is 0.135. The zero-order chi connectivity index (χ0) is 13.4. The van der Waals surface area contributed by atoms with Crippen LogP contribution in [0.25, 0.3) is 0 Å². The van der Waals surface area contributed by atoms with Crippen LogP contribution >= 0.6 is 0 Å². The largest absolute Gasteiger partial charge is 0.384 e. The number of nitrogen functional groups attached to an aromatic ring is 1. The molecule has 2 fully saturated rings. The Kier molecular flexibility index (Phi) is 3.31. The van der Waals surface area contributed by atoms with Crippen molar-refractivity contribution in [3.8, 4) is 0 Å². The van der Waals surface area contributed by atoms with Gasteiger partial charge in [-0.25, -0.2) is 15.0 Å². The molecule has 2 unspecified atom stereocenters. The van der Waals surface area contributed by atoms with Gasteiger partial charge in [0.15, 0.2) is 0 Å². The molecule has 1 saturated carbocycles. The summed E-state index contributed by atoms with van der Waals surface area (Å²) in [5.74, 6) is 2.84. The number of anilines is 2. The summed E-state index contributed by atoms with van der Waals surface area (Å²) < 4.78 is 0. The maximum absolute atomic E-state index is 5.89. The molecule has 3 N–H and O–H groups in total. The van der Waals surface area contributed by atoms with Crippen molar-refractivity contribution in [2.75, 3.05) is 11.2 Å². The molecule has 0 radical (unpaired) electrons. The molecule has 1 saturated heterocycles. The minimum atomic E-state index is 0.528. The zero-order valence-electron chi connectivity index (χ0n) is 11.8. The van der Waals surface area contributed by atoms with Crippen molar-refractivity contribution in [3.05, 3.63) is 11.9 Å². The second-order valence-electron chi connectivity index (χ2n) is 5.96. The molecule has 3 rings (SSSR count). The normalized spacial score (nSPS) is 28.3. The van der Waals surface area contributed by atoms with Crippen LogP contribution in [0.1, 0.15) is 57.7 Å². The van der Waals surface area contributed by atoms with Crippen molar-refractivity contribution >= 4 is 11.6 Å². The summed E-state index contributed by atoms with van der Waals surface area (Å²) in [6, 6.07) is 2.90. The zero-order valence-corrected chi connectivity index (χ0v) is 11.8. The maximum Gasteiger partial charge on any atom is 0.146 e. The van der Waals surface area contributed by atoms with Crippen LogP contribution in [0.15, 0.2) is 6.07 Å². The van der Waals surface area contributed by atoms with E-state index in [1.54, 1.807) is 0 Å². The summed E-state index contributed by atoms with van der Waals surface area (Å²) in [6.45, 7) is 4.52. The molecule has 1 aliphatic heterocycles. The van der Waals surface area contributed by atoms with E-state index in [1.165, 1.54) is 32.1 Å². The Balaban J connectivity index is 1.78. The van der Waals surface area contributed by atoms with Gasteiger partial charge in [-0.2, -0.15) is 0 Å². The summed E-state index contributed by atoms with van der Waals surface area (Å²) >= 11 is 0. The van der Waals surface area contributed by atoms with E-state index in [2.05, 4.69) is 34.3 Å². The van der Waals surface area contributed by atoms with Gasteiger partial charge in [-0.15, -0.1) is 0 Å². The first kappa shape index (κ1) is 12.7. The number of aromatic nitrogens is 2. The molecular weight excluding hydrogens is 238 g/mol. The first-order chi connectivity index (χ1) is 9.13. The second kappa shape index (κ2) is 4.96. The third-order valence-electron chi connectivity index (χ3n) is 4.14. The SMILES string of the molecule is CC1CCCC(C)N1Nc1cc(N)nc(C2CC2)n1. The molecule has 1 aliphatic carbocycles. The first-order valence-electron chi connectivity index (χ1n) is 7.33. The van der Waals surface area contributed by atoms with E-state index in [0.29, 0.717) is 23.8 Å². The monoisotopic (exact) mass is 261 g/mol. The van der Waals surface area contributed by atoms with Crippen LogP contribution in [-0.4, -0.2) is 27.1 Å². The lowest BCUT2D eigenvalue weighted by Crippen LogP contribution is -2.47. The quantitative estimate of drug-likeness (QED) is 0.875. The smallest absolute Gasteiger partial charge is 0.146 e. The van der Waals surface area contributed by atoms with Crippen LogP contribution in [0.3, 0.4) is 0 Å². The number of nitrogens with zero attached hydrogens (tertiary/aromatic N) is 3. The molecule has 5 heteroatoms. The molecule has 1 aromatic heterocycles. The minimum absolute atomic E-state index is 0.528. The minimum Gasteiger partial charge on any atom is -0.384 e. The number of hydrogen-bond acceptors (Lipinski definition) is 5. The number of hydrogen-bond donors (Lipinski definition) is 2. The van der Waals surface area contributed by atoms with Crippen molar-refractivity contribution < 1.29 is 0 Å². The van der Waals surface area contributed by atoms with Crippen molar-refractivity contribution in [1.29, 1.82) is 0 Å². The van der Waals surface area contributed by atoms with Gasteiger partial charge in [0.1, 0.15) is 17.5 Å². The molecule has 104 valence electrons. The number of nitrogens with one attached hydrogen (secondary N) is 1. The van der Waals surface area contributed by atoms with Gasteiger partial charge in [0, 0.05) is 24.1 Å². The Morgan fingerprint density at radius 1 is 1.16 bits per heavy atom. The third-order valence-corrected chi connectivity index (χ3v) is 4.14. The predicted molar refractivity (Wildman–Crippen MR) is 76.7 cm³/mol. The van der Waals surface area contributed by atoms with Crippen LogP contribution in [0.2, 0.25) is 0 Å². The van der Waals surface area contributed by atoms with Gasteiger partial charge in [0.2, 0.25) is 0 Å². The number of piperidine rings is 1. The van der Waals surface area contributed by atoms with Gasteiger partial charge in [-0.3, -0.25) is 0 Å². The van der Waals surface area contributed by atoms with E-state index < -0.39 is 0 Å². The van der Waals surface area contributed by atoms with Crippen molar-refractivity contribution in [3.63, 3.8) is 0 Å². The fourth-order valence-corrected chi connectivity index (χ4v) is 2.84. The van der Waals surface area contributed by atoms with E-state index in [-0.39, 0.29) is 0 Å². The first-order valence-corrected chi connectivity index (χ1v) is 7.33. The highest BCUT2D eigenvalue weighted by Crippen LogP contribution is 2.38. The highest BCUT2D eigenvalue weighted by atomic mass is 15.5. The number of rotatable bonds is 3. The second-order valence-corrected chi connectivity index (χ2v) is 5.96. The lowest BCUT2D eigenvalue weighted by Gasteiger charge is -2.39.